The zero-order valence-corrected chi connectivity index (χ0v) is 21.6. The maximum atomic E-state index is 13.3. The predicted molar refractivity (Wildman–Crippen MR) is 140 cm³/mol. The average Bonchev–Trinajstić information content (AvgIpc) is 3.28. The van der Waals surface area contributed by atoms with Crippen LogP contribution >= 0.6 is 11.3 Å². The number of ether oxygens (including phenoxy) is 1. The van der Waals surface area contributed by atoms with Crippen molar-refractivity contribution in [1.29, 1.82) is 0 Å². The monoisotopic (exact) mass is 509 g/mol. The van der Waals surface area contributed by atoms with Crippen molar-refractivity contribution in [3.63, 3.8) is 0 Å². The SMILES string of the molecule is COc1ccc(C)c2sc(NC(=O)c3ccc(S(=O)(=O)N(Cc4ccccc4)C(C)C)cc3)nc12. The molecule has 0 aliphatic heterocycles. The van der Waals surface area contributed by atoms with E-state index in [0.29, 0.717) is 22.0 Å². The molecular formula is C26H27N3O4S2. The van der Waals surface area contributed by atoms with Crippen LogP contribution in [-0.2, 0) is 16.6 Å². The molecule has 0 fully saturated rings. The number of anilines is 1. The number of aryl methyl sites for hydroxylation is 1. The summed E-state index contributed by atoms with van der Waals surface area (Å²) in [6.45, 7) is 5.93. The Labute approximate surface area is 209 Å². The summed E-state index contributed by atoms with van der Waals surface area (Å²) in [6.07, 6.45) is 0. The summed E-state index contributed by atoms with van der Waals surface area (Å²) < 4.78 is 34.5. The van der Waals surface area contributed by atoms with E-state index in [1.807, 2.05) is 63.2 Å². The van der Waals surface area contributed by atoms with E-state index in [1.54, 1.807) is 7.11 Å². The van der Waals surface area contributed by atoms with Crippen LogP contribution in [-0.4, -0.2) is 36.8 Å². The van der Waals surface area contributed by atoms with Gasteiger partial charge in [0.25, 0.3) is 5.91 Å². The first-order valence-electron chi connectivity index (χ1n) is 11.1. The van der Waals surface area contributed by atoms with Crippen LogP contribution in [0, 0.1) is 6.92 Å². The van der Waals surface area contributed by atoms with Gasteiger partial charge < -0.3 is 4.74 Å². The highest BCUT2D eigenvalue weighted by molar-refractivity contribution is 7.89. The fourth-order valence-electron chi connectivity index (χ4n) is 3.72. The summed E-state index contributed by atoms with van der Waals surface area (Å²) in [5.74, 6) is 0.275. The van der Waals surface area contributed by atoms with Crippen LogP contribution in [0.5, 0.6) is 5.75 Å². The highest BCUT2D eigenvalue weighted by Gasteiger charge is 2.27. The molecule has 0 bridgehead atoms. The average molecular weight is 510 g/mol. The summed E-state index contributed by atoms with van der Waals surface area (Å²) in [6, 6.07) is 19.0. The minimum Gasteiger partial charge on any atom is -0.494 e. The van der Waals surface area contributed by atoms with E-state index >= 15 is 0 Å². The summed E-state index contributed by atoms with van der Waals surface area (Å²) in [7, 11) is -2.17. The van der Waals surface area contributed by atoms with Crippen LogP contribution in [0.25, 0.3) is 10.2 Å². The lowest BCUT2D eigenvalue weighted by atomic mass is 10.2. The number of hydrogen-bond acceptors (Lipinski definition) is 6. The molecule has 35 heavy (non-hydrogen) atoms. The number of carbonyl (C=O) groups is 1. The standard InChI is InChI=1S/C26H27N3O4S2/c1-17(2)29(16-19-8-6-5-7-9-19)35(31,32)21-13-11-20(12-14-21)25(30)28-26-27-23-22(33-4)15-10-18(3)24(23)34-26/h5-15,17H,16H2,1-4H3,(H,27,28,30). The minimum absolute atomic E-state index is 0.138. The molecule has 9 heteroatoms. The molecule has 182 valence electrons. The van der Waals surface area contributed by atoms with E-state index in [2.05, 4.69) is 10.3 Å². The molecule has 0 spiro atoms. The van der Waals surface area contributed by atoms with Crippen molar-refractivity contribution < 1.29 is 17.9 Å². The second kappa shape index (κ2) is 10.2. The predicted octanol–water partition coefficient (Wildman–Crippen LogP) is 5.46. The number of sulfonamides is 1. The number of hydrogen-bond donors (Lipinski definition) is 1. The molecule has 0 saturated heterocycles. The van der Waals surface area contributed by atoms with E-state index in [-0.39, 0.29) is 23.4 Å². The Morgan fingerprint density at radius 3 is 2.37 bits per heavy atom. The van der Waals surface area contributed by atoms with Gasteiger partial charge in [-0.1, -0.05) is 47.7 Å². The van der Waals surface area contributed by atoms with Gasteiger partial charge in [-0.15, -0.1) is 0 Å². The second-order valence-corrected chi connectivity index (χ2v) is 11.3. The minimum atomic E-state index is -3.75. The Morgan fingerprint density at radius 2 is 1.74 bits per heavy atom. The van der Waals surface area contributed by atoms with Gasteiger partial charge in [0.05, 0.1) is 16.7 Å². The molecular weight excluding hydrogens is 482 g/mol. The van der Waals surface area contributed by atoms with Crippen LogP contribution in [0.1, 0.15) is 35.3 Å². The number of nitrogens with one attached hydrogen (secondary N) is 1. The molecule has 4 aromatic rings. The van der Waals surface area contributed by atoms with Crippen molar-refractivity contribution in [3.8, 4) is 5.75 Å². The normalized spacial score (nSPS) is 11.8. The van der Waals surface area contributed by atoms with Gasteiger partial charge in [0.15, 0.2) is 5.13 Å². The van der Waals surface area contributed by atoms with Crippen LogP contribution in [0.3, 0.4) is 0 Å². The third-order valence-electron chi connectivity index (χ3n) is 5.62. The molecule has 0 saturated carbocycles. The molecule has 1 amide bonds. The first-order chi connectivity index (χ1) is 16.7. The Morgan fingerprint density at radius 1 is 1.06 bits per heavy atom. The van der Waals surface area contributed by atoms with Crippen LogP contribution in [0.15, 0.2) is 71.6 Å². The summed E-state index contributed by atoms with van der Waals surface area (Å²) in [5, 5.41) is 3.26. The number of carbonyl (C=O) groups excluding carboxylic acids is 1. The molecule has 0 unspecified atom stereocenters. The quantitative estimate of drug-likeness (QED) is 0.340. The molecule has 1 aromatic heterocycles. The van der Waals surface area contributed by atoms with Gasteiger partial charge in [-0.2, -0.15) is 4.31 Å². The molecule has 0 aliphatic carbocycles. The second-order valence-electron chi connectivity index (χ2n) is 8.39. The topological polar surface area (TPSA) is 88.6 Å². The highest BCUT2D eigenvalue weighted by atomic mass is 32.2. The molecule has 3 aromatic carbocycles. The molecule has 7 nitrogen and oxygen atoms in total. The maximum absolute atomic E-state index is 13.3. The van der Waals surface area contributed by atoms with Crippen LogP contribution in [0.2, 0.25) is 0 Å². The van der Waals surface area contributed by atoms with Gasteiger partial charge in [0, 0.05) is 18.2 Å². The van der Waals surface area contributed by atoms with E-state index in [1.165, 1.54) is 39.9 Å². The molecule has 1 N–H and O–H groups in total. The van der Waals surface area contributed by atoms with E-state index in [9.17, 15) is 13.2 Å². The molecule has 1 heterocycles. The Hall–Kier alpha value is -3.27. The van der Waals surface area contributed by atoms with E-state index in [0.717, 1.165) is 15.8 Å². The van der Waals surface area contributed by atoms with Gasteiger partial charge in [-0.05, 0) is 62.2 Å². The molecule has 0 aliphatic rings. The third-order valence-corrected chi connectivity index (χ3v) is 8.77. The summed E-state index contributed by atoms with van der Waals surface area (Å²) >= 11 is 1.37. The maximum Gasteiger partial charge on any atom is 0.257 e. The van der Waals surface area contributed by atoms with Crippen molar-refractivity contribution in [2.24, 2.45) is 0 Å². The molecule has 0 radical (unpaired) electrons. The fraction of sp³-hybridized carbons (Fsp3) is 0.231. The van der Waals surface area contributed by atoms with Crippen LogP contribution < -0.4 is 10.1 Å². The number of nitrogens with zero attached hydrogens (tertiary/aromatic N) is 2. The number of benzene rings is 3. The zero-order chi connectivity index (χ0) is 25.2. The number of rotatable bonds is 8. The van der Waals surface area contributed by atoms with Gasteiger partial charge in [0.1, 0.15) is 11.3 Å². The van der Waals surface area contributed by atoms with Gasteiger partial charge in [-0.25, -0.2) is 13.4 Å². The Kier molecular flexibility index (Phi) is 7.20. The van der Waals surface area contributed by atoms with Gasteiger partial charge in [0.2, 0.25) is 10.0 Å². The number of fused-ring (bicyclic) bond motifs is 1. The third kappa shape index (κ3) is 5.22. The lowest BCUT2D eigenvalue weighted by Gasteiger charge is -2.26. The smallest absolute Gasteiger partial charge is 0.257 e. The lowest BCUT2D eigenvalue weighted by molar-refractivity contribution is 0.102. The van der Waals surface area contributed by atoms with Crippen molar-refractivity contribution in [1.82, 2.24) is 9.29 Å². The van der Waals surface area contributed by atoms with Crippen molar-refractivity contribution in [3.05, 3.63) is 83.4 Å². The summed E-state index contributed by atoms with van der Waals surface area (Å²) in [4.78, 5) is 17.5. The number of aromatic nitrogens is 1. The Bertz CT molecular complexity index is 1450. The molecule has 4 rings (SSSR count). The summed E-state index contributed by atoms with van der Waals surface area (Å²) in [5.41, 5.74) is 2.98. The number of methoxy groups -OCH3 is 1. The first-order valence-corrected chi connectivity index (χ1v) is 13.4. The lowest BCUT2D eigenvalue weighted by Crippen LogP contribution is -2.36. The fourth-order valence-corrected chi connectivity index (χ4v) is 6.29. The highest BCUT2D eigenvalue weighted by Crippen LogP contribution is 2.35. The zero-order valence-electron chi connectivity index (χ0n) is 20.0. The van der Waals surface area contributed by atoms with E-state index < -0.39 is 10.0 Å². The molecule has 0 atom stereocenters. The van der Waals surface area contributed by atoms with Crippen molar-refractivity contribution in [2.75, 3.05) is 12.4 Å². The largest absolute Gasteiger partial charge is 0.494 e. The number of amides is 1. The first kappa shape index (κ1) is 24.8. The Balaban J connectivity index is 1.54. The number of thiazole rings is 1. The van der Waals surface area contributed by atoms with Gasteiger partial charge in [-0.3, -0.25) is 10.1 Å². The van der Waals surface area contributed by atoms with Crippen molar-refractivity contribution in [2.45, 2.75) is 38.3 Å². The van der Waals surface area contributed by atoms with E-state index in [4.69, 9.17) is 4.74 Å². The van der Waals surface area contributed by atoms with Crippen LogP contribution in [0.4, 0.5) is 5.13 Å². The van der Waals surface area contributed by atoms with Gasteiger partial charge >= 0.3 is 0 Å². The van der Waals surface area contributed by atoms with Crippen molar-refractivity contribution >= 4 is 42.6 Å².